The minimum absolute atomic E-state index is 0.0510. The van der Waals surface area contributed by atoms with E-state index < -0.39 is 11.6 Å². The Hall–Kier alpha value is -1.00. The fraction of sp³-hybridized carbons (Fsp3) is 0.600. The molecule has 4 heteroatoms. The van der Waals surface area contributed by atoms with Gasteiger partial charge >= 0.3 is 0 Å². The number of nitrogens with two attached hydrogens (primary N) is 1. The van der Waals surface area contributed by atoms with E-state index in [-0.39, 0.29) is 6.04 Å². The standard InChI is InChI=1S/C15H22F2N2/c1-10-3-4-12(8-18)9-19(10)11(2)14-6-5-13(16)7-15(14)17/h5-7,10-12H,3-4,8-9,18H2,1-2H3. The van der Waals surface area contributed by atoms with Gasteiger partial charge in [-0.1, -0.05) is 6.07 Å². The van der Waals surface area contributed by atoms with Crippen molar-refractivity contribution in [2.24, 2.45) is 11.7 Å². The van der Waals surface area contributed by atoms with Crippen LogP contribution in [0.4, 0.5) is 8.78 Å². The highest BCUT2D eigenvalue weighted by atomic mass is 19.1. The van der Waals surface area contributed by atoms with Crippen molar-refractivity contribution in [1.82, 2.24) is 4.90 Å². The Labute approximate surface area is 113 Å². The average molecular weight is 268 g/mol. The van der Waals surface area contributed by atoms with Crippen molar-refractivity contribution in [2.75, 3.05) is 13.1 Å². The van der Waals surface area contributed by atoms with E-state index in [1.807, 2.05) is 6.92 Å². The number of likely N-dealkylation sites (tertiary alicyclic amines) is 1. The molecule has 19 heavy (non-hydrogen) atoms. The molecule has 0 aromatic heterocycles. The van der Waals surface area contributed by atoms with Gasteiger partial charge in [-0.15, -0.1) is 0 Å². The molecule has 0 bridgehead atoms. The second kappa shape index (κ2) is 5.97. The third-order valence-electron chi connectivity index (χ3n) is 4.27. The molecule has 0 saturated carbocycles. The molecular weight excluding hydrogens is 246 g/mol. The van der Waals surface area contributed by atoms with Crippen molar-refractivity contribution < 1.29 is 8.78 Å². The molecule has 1 saturated heterocycles. The minimum Gasteiger partial charge on any atom is -0.330 e. The third-order valence-corrected chi connectivity index (χ3v) is 4.27. The van der Waals surface area contributed by atoms with Crippen LogP contribution in [0.5, 0.6) is 0 Å². The Balaban J connectivity index is 2.19. The molecule has 1 heterocycles. The highest BCUT2D eigenvalue weighted by Crippen LogP contribution is 2.31. The van der Waals surface area contributed by atoms with Gasteiger partial charge in [-0.05, 0) is 45.2 Å². The summed E-state index contributed by atoms with van der Waals surface area (Å²) in [5, 5.41) is 0. The van der Waals surface area contributed by atoms with Gasteiger partial charge in [0.2, 0.25) is 0 Å². The fourth-order valence-electron chi connectivity index (χ4n) is 2.96. The lowest BCUT2D eigenvalue weighted by Crippen LogP contribution is -2.45. The first-order valence-corrected chi connectivity index (χ1v) is 6.93. The van der Waals surface area contributed by atoms with E-state index in [1.165, 1.54) is 6.07 Å². The van der Waals surface area contributed by atoms with Gasteiger partial charge in [0.1, 0.15) is 11.6 Å². The number of halogens is 2. The number of rotatable bonds is 3. The van der Waals surface area contributed by atoms with Crippen LogP contribution in [-0.4, -0.2) is 24.0 Å². The predicted molar refractivity (Wildman–Crippen MR) is 72.7 cm³/mol. The van der Waals surface area contributed by atoms with E-state index in [9.17, 15) is 8.78 Å². The van der Waals surface area contributed by atoms with E-state index in [1.54, 1.807) is 6.07 Å². The fourth-order valence-corrected chi connectivity index (χ4v) is 2.96. The third kappa shape index (κ3) is 3.12. The Bertz CT molecular complexity index is 436. The number of nitrogens with zero attached hydrogens (tertiary/aromatic N) is 1. The quantitative estimate of drug-likeness (QED) is 0.912. The zero-order chi connectivity index (χ0) is 14.0. The molecule has 2 nitrogen and oxygen atoms in total. The Kier molecular flexibility index (Phi) is 4.53. The van der Waals surface area contributed by atoms with Crippen LogP contribution in [0.1, 0.15) is 38.3 Å². The summed E-state index contributed by atoms with van der Waals surface area (Å²) in [5.41, 5.74) is 6.31. The van der Waals surface area contributed by atoms with Crippen LogP contribution in [0.15, 0.2) is 18.2 Å². The second-order valence-electron chi connectivity index (χ2n) is 5.57. The maximum Gasteiger partial charge on any atom is 0.130 e. The molecule has 2 N–H and O–H groups in total. The molecule has 0 amide bonds. The highest BCUT2D eigenvalue weighted by molar-refractivity contribution is 5.22. The average Bonchev–Trinajstić information content (AvgIpc) is 2.38. The summed E-state index contributed by atoms with van der Waals surface area (Å²) in [6.07, 6.45) is 2.21. The second-order valence-corrected chi connectivity index (χ2v) is 5.57. The van der Waals surface area contributed by atoms with Gasteiger partial charge in [-0.25, -0.2) is 8.78 Å². The van der Waals surface area contributed by atoms with Crippen molar-refractivity contribution in [1.29, 1.82) is 0 Å². The van der Waals surface area contributed by atoms with Gasteiger partial charge in [0.15, 0.2) is 0 Å². The van der Waals surface area contributed by atoms with Crippen molar-refractivity contribution in [3.05, 3.63) is 35.4 Å². The largest absolute Gasteiger partial charge is 0.330 e. The lowest BCUT2D eigenvalue weighted by molar-refractivity contribution is 0.0796. The molecule has 3 unspecified atom stereocenters. The molecule has 3 atom stereocenters. The Morgan fingerprint density at radius 1 is 1.37 bits per heavy atom. The van der Waals surface area contributed by atoms with E-state index in [2.05, 4.69) is 11.8 Å². The number of hydrogen-bond acceptors (Lipinski definition) is 2. The van der Waals surface area contributed by atoms with Crippen LogP contribution in [0, 0.1) is 17.6 Å². The first-order valence-electron chi connectivity index (χ1n) is 6.93. The lowest BCUT2D eigenvalue weighted by atomic mass is 9.91. The van der Waals surface area contributed by atoms with Crippen LogP contribution in [0.3, 0.4) is 0 Å². The van der Waals surface area contributed by atoms with Crippen molar-refractivity contribution in [3.8, 4) is 0 Å². The molecule has 0 aliphatic carbocycles. The van der Waals surface area contributed by atoms with E-state index in [0.29, 0.717) is 24.1 Å². The minimum atomic E-state index is -0.528. The predicted octanol–water partition coefficient (Wildman–Crippen LogP) is 3.09. The number of benzene rings is 1. The molecule has 1 aromatic rings. The first-order chi connectivity index (χ1) is 9.02. The summed E-state index contributed by atoms with van der Waals surface area (Å²) in [5.74, 6) is -0.517. The van der Waals surface area contributed by atoms with Gasteiger partial charge in [-0.3, -0.25) is 4.90 Å². The van der Waals surface area contributed by atoms with Crippen LogP contribution in [0.2, 0.25) is 0 Å². The van der Waals surface area contributed by atoms with Crippen molar-refractivity contribution in [3.63, 3.8) is 0 Å². The molecule has 1 aliphatic heterocycles. The molecular formula is C15H22F2N2. The van der Waals surface area contributed by atoms with Gasteiger partial charge in [0.05, 0.1) is 0 Å². The van der Waals surface area contributed by atoms with Crippen LogP contribution in [0.25, 0.3) is 0 Å². The summed E-state index contributed by atoms with van der Waals surface area (Å²) >= 11 is 0. The van der Waals surface area contributed by atoms with E-state index in [0.717, 1.165) is 25.5 Å². The first kappa shape index (κ1) is 14.4. The Morgan fingerprint density at radius 3 is 2.74 bits per heavy atom. The normalized spacial score (nSPS) is 26.4. The summed E-state index contributed by atoms with van der Waals surface area (Å²) in [6.45, 7) is 5.69. The maximum absolute atomic E-state index is 13.9. The van der Waals surface area contributed by atoms with Crippen LogP contribution >= 0.6 is 0 Å². The van der Waals surface area contributed by atoms with Gasteiger partial charge in [0.25, 0.3) is 0 Å². The molecule has 1 aromatic carbocycles. The van der Waals surface area contributed by atoms with Crippen LogP contribution < -0.4 is 5.73 Å². The lowest BCUT2D eigenvalue weighted by Gasteiger charge is -2.41. The monoisotopic (exact) mass is 268 g/mol. The molecule has 106 valence electrons. The summed E-state index contributed by atoms with van der Waals surface area (Å²) in [4.78, 5) is 2.28. The SMILES string of the molecule is CC1CCC(CN)CN1C(C)c1ccc(F)cc1F. The summed E-state index contributed by atoms with van der Waals surface area (Å²) < 4.78 is 26.8. The van der Waals surface area contributed by atoms with E-state index in [4.69, 9.17) is 5.73 Å². The zero-order valence-corrected chi connectivity index (χ0v) is 11.6. The van der Waals surface area contributed by atoms with E-state index >= 15 is 0 Å². The molecule has 0 spiro atoms. The van der Waals surface area contributed by atoms with Gasteiger partial charge in [-0.2, -0.15) is 0 Å². The molecule has 1 aliphatic rings. The van der Waals surface area contributed by atoms with Crippen LogP contribution in [-0.2, 0) is 0 Å². The summed E-state index contributed by atoms with van der Waals surface area (Å²) in [6, 6.07) is 4.19. The zero-order valence-electron chi connectivity index (χ0n) is 11.6. The Morgan fingerprint density at radius 2 is 2.11 bits per heavy atom. The molecule has 2 rings (SSSR count). The summed E-state index contributed by atoms with van der Waals surface area (Å²) in [7, 11) is 0. The van der Waals surface area contributed by atoms with Crippen molar-refractivity contribution in [2.45, 2.75) is 38.8 Å². The highest BCUT2D eigenvalue weighted by Gasteiger charge is 2.29. The van der Waals surface area contributed by atoms with Gasteiger partial charge < -0.3 is 5.73 Å². The molecule has 0 radical (unpaired) electrons. The number of hydrogen-bond donors (Lipinski definition) is 1. The molecule has 1 fully saturated rings. The smallest absolute Gasteiger partial charge is 0.130 e. The number of piperidine rings is 1. The topological polar surface area (TPSA) is 29.3 Å². The van der Waals surface area contributed by atoms with Gasteiger partial charge in [0, 0.05) is 30.3 Å². The maximum atomic E-state index is 13.9. The van der Waals surface area contributed by atoms with Crippen molar-refractivity contribution >= 4 is 0 Å².